The number of piperazine rings is 1. The first-order chi connectivity index (χ1) is 15.5. The van der Waals surface area contributed by atoms with E-state index in [1.807, 2.05) is 30.3 Å². The maximum absolute atomic E-state index is 13.0. The van der Waals surface area contributed by atoms with Gasteiger partial charge in [0, 0.05) is 47.1 Å². The summed E-state index contributed by atoms with van der Waals surface area (Å²) in [7, 11) is 2.19. The number of likely N-dealkylation sites (N-methyl/N-ethyl adjacent to an activating group) is 1. The normalized spacial score (nSPS) is 16.1. The molecule has 2 heterocycles. The minimum Gasteiger partial charge on any atom is -0.313 e. The van der Waals surface area contributed by atoms with Gasteiger partial charge < -0.3 is 10.2 Å². The van der Waals surface area contributed by atoms with Crippen LogP contribution in [-0.4, -0.2) is 55.2 Å². The maximum Gasteiger partial charge on any atom is 0.256 e. The fraction of sp³-hybridized carbons (Fsp3) is 0.346. The zero-order chi connectivity index (χ0) is 22.7. The number of anilines is 1. The predicted molar refractivity (Wildman–Crippen MR) is 137 cm³/mol. The molecule has 1 N–H and O–H groups in total. The Bertz CT molecular complexity index is 1050. The summed E-state index contributed by atoms with van der Waals surface area (Å²) in [4.78, 5) is 20.5. The molecular weight excluding hydrogens is 434 g/mol. The highest BCUT2D eigenvalue weighted by atomic mass is 32.2. The Morgan fingerprint density at radius 2 is 1.66 bits per heavy atom. The molecule has 1 aliphatic rings. The SMILES string of the molecule is CSc1ccc([C@H](c2c(NC(=O)c3ccccc3)sc(C)c2C)N2CCN(C)CC2)cc1. The van der Waals surface area contributed by atoms with Crippen molar-refractivity contribution < 1.29 is 4.79 Å². The van der Waals surface area contributed by atoms with Crippen molar-refractivity contribution >= 4 is 34.0 Å². The molecule has 0 radical (unpaired) electrons. The Hall–Kier alpha value is -2.12. The smallest absolute Gasteiger partial charge is 0.256 e. The van der Waals surface area contributed by atoms with Gasteiger partial charge in [-0.2, -0.15) is 0 Å². The average Bonchev–Trinajstić information content (AvgIpc) is 3.09. The number of nitrogens with one attached hydrogen (secondary N) is 1. The number of aryl methyl sites for hydroxylation is 1. The second kappa shape index (κ2) is 10.2. The number of nitrogens with zero attached hydrogens (tertiary/aromatic N) is 2. The molecule has 0 bridgehead atoms. The Balaban J connectivity index is 1.75. The highest BCUT2D eigenvalue weighted by Gasteiger charge is 2.31. The molecule has 168 valence electrons. The van der Waals surface area contributed by atoms with Gasteiger partial charge in [-0.05, 0) is 62.5 Å². The van der Waals surface area contributed by atoms with E-state index in [-0.39, 0.29) is 11.9 Å². The number of carbonyl (C=O) groups is 1. The number of hydrogen-bond acceptors (Lipinski definition) is 5. The van der Waals surface area contributed by atoms with Crippen LogP contribution < -0.4 is 5.32 Å². The van der Waals surface area contributed by atoms with E-state index in [1.54, 1.807) is 23.1 Å². The zero-order valence-corrected chi connectivity index (χ0v) is 20.9. The monoisotopic (exact) mass is 465 g/mol. The lowest BCUT2D eigenvalue weighted by atomic mass is 9.94. The molecule has 2 aromatic carbocycles. The average molecular weight is 466 g/mol. The van der Waals surface area contributed by atoms with Crippen molar-refractivity contribution in [2.45, 2.75) is 24.8 Å². The zero-order valence-electron chi connectivity index (χ0n) is 19.2. The molecule has 4 nitrogen and oxygen atoms in total. The van der Waals surface area contributed by atoms with Crippen LogP contribution in [0.3, 0.4) is 0 Å². The molecule has 1 saturated heterocycles. The molecule has 1 aromatic heterocycles. The lowest BCUT2D eigenvalue weighted by Gasteiger charge is -2.39. The molecule has 3 aromatic rings. The lowest BCUT2D eigenvalue weighted by molar-refractivity contribution is 0.102. The minimum atomic E-state index is -0.0528. The number of thioether (sulfide) groups is 1. The van der Waals surface area contributed by atoms with Crippen molar-refractivity contribution in [1.82, 2.24) is 9.80 Å². The quantitative estimate of drug-likeness (QED) is 0.476. The summed E-state index contributed by atoms with van der Waals surface area (Å²) in [6.07, 6.45) is 2.11. The van der Waals surface area contributed by atoms with Crippen molar-refractivity contribution in [2.75, 3.05) is 44.8 Å². The second-order valence-electron chi connectivity index (χ2n) is 8.36. The van der Waals surface area contributed by atoms with Gasteiger partial charge in [0.05, 0.1) is 6.04 Å². The number of rotatable bonds is 6. The number of amides is 1. The molecule has 4 rings (SSSR count). The van der Waals surface area contributed by atoms with E-state index in [2.05, 4.69) is 66.5 Å². The summed E-state index contributed by atoms with van der Waals surface area (Å²) < 4.78 is 0. The lowest BCUT2D eigenvalue weighted by Crippen LogP contribution is -2.46. The van der Waals surface area contributed by atoms with Crippen LogP contribution in [-0.2, 0) is 0 Å². The Morgan fingerprint density at radius 1 is 1.00 bits per heavy atom. The third kappa shape index (κ3) is 4.94. The summed E-state index contributed by atoms with van der Waals surface area (Å²) in [6.45, 7) is 8.45. The van der Waals surface area contributed by atoms with Crippen molar-refractivity contribution in [3.05, 3.63) is 81.7 Å². The number of hydrogen-bond donors (Lipinski definition) is 1. The van der Waals surface area contributed by atoms with E-state index in [0.717, 1.165) is 31.2 Å². The van der Waals surface area contributed by atoms with Gasteiger partial charge in [-0.3, -0.25) is 9.69 Å². The second-order valence-corrected chi connectivity index (χ2v) is 10.5. The summed E-state index contributed by atoms with van der Waals surface area (Å²) in [5, 5.41) is 4.21. The first-order valence-electron chi connectivity index (χ1n) is 11.0. The molecule has 6 heteroatoms. The maximum atomic E-state index is 13.0. The van der Waals surface area contributed by atoms with E-state index < -0.39 is 0 Å². The van der Waals surface area contributed by atoms with Crippen molar-refractivity contribution in [1.29, 1.82) is 0 Å². The molecule has 0 spiro atoms. The number of benzene rings is 2. The van der Waals surface area contributed by atoms with Crippen LogP contribution in [0.5, 0.6) is 0 Å². The van der Waals surface area contributed by atoms with Crippen molar-refractivity contribution in [3.63, 3.8) is 0 Å². The molecule has 1 aliphatic heterocycles. The van der Waals surface area contributed by atoms with Crippen molar-refractivity contribution in [3.8, 4) is 0 Å². The fourth-order valence-corrected chi connectivity index (χ4v) is 5.75. The van der Waals surface area contributed by atoms with Gasteiger partial charge in [-0.15, -0.1) is 23.1 Å². The summed E-state index contributed by atoms with van der Waals surface area (Å²) >= 11 is 3.45. The van der Waals surface area contributed by atoms with Gasteiger partial charge >= 0.3 is 0 Å². The topological polar surface area (TPSA) is 35.6 Å². The van der Waals surface area contributed by atoms with Gasteiger partial charge in [-0.1, -0.05) is 30.3 Å². The van der Waals surface area contributed by atoms with Crippen LogP contribution >= 0.6 is 23.1 Å². The van der Waals surface area contributed by atoms with E-state index in [0.29, 0.717) is 5.56 Å². The van der Waals surface area contributed by atoms with Crippen LogP contribution in [0.4, 0.5) is 5.00 Å². The molecule has 1 atom stereocenters. The molecule has 1 fully saturated rings. The first kappa shape index (κ1) is 23.1. The van der Waals surface area contributed by atoms with Crippen LogP contribution in [0.1, 0.15) is 38.0 Å². The molecule has 0 saturated carbocycles. The van der Waals surface area contributed by atoms with Crippen LogP contribution in [0.15, 0.2) is 59.5 Å². The minimum absolute atomic E-state index is 0.0528. The van der Waals surface area contributed by atoms with Crippen LogP contribution in [0.25, 0.3) is 0 Å². The number of thiophene rings is 1. The Morgan fingerprint density at radius 3 is 2.28 bits per heavy atom. The van der Waals surface area contributed by atoms with E-state index >= 15 is 0 Å². The van der Waals surface area contributed by atoms with Gasteiger partial charge in [-0.25, -0.2) is 0 Å². The van der Waals surface area contributed by atoms with E-state index in [4.69, 9.17) is 0 Å². The summed E-state index contributed by atoms with van der Waals surface area (Å²) in [6, 6.07) is 18.5. The highest BCUT2D eigenvalue weighted by Crippen LogP contribution is 2.42. The fourth-order valence-electron chi connectivity index (χ4n) is 4.26. The third-order valence-electron chi connectivity index (χ3n) is 6.30. The van der Waals surface area contributed by atoms with Crippen LogP contribution in [0, 0.1) is 13.8 Å². The molecule has 0 aliphatic carbocycles. The highest BCUT2D eigenvalue weighted by molar-refractivity contribution is 7.98. The molecule has 32 heavy (non-hydrogen) atoms. The van der Waals surface area contributed by atoms with Gasteiger partial charge in [0.2, 0.25) is 0 Å². The van der Waals surface area contributed by atoms with E-state index in [9.17, 15) is 4.79 Å². The largest absolute Gasteiger partial charge is 0.313 e. The number of carbonyl (C=O) groups excluding carboxylic acids is 1. The van der Waals surface area contributed by atoms with Gasteiger partial charge in [0.25, 0.3) is 5.91 Å². The predicted octanol–water partition coefficient (Wildman–Crippen LogP) is 5.68. The first-order valence-corrected chi connectivity index (χ1v) is 13.0. The van der Waals surface area contributed by atoms with Crippen LogP contribution in [0.2, 0.25) is 0 Å². The summed E-state index contributed by atoms with van der Waals surface area (Å²) in [5.41, 5.74) is 4.47. The third-order valence-corrected chi connectivity index (χ3v) is 8.18. The Kier molecular flexibility index (Phi) is 7.36. The molecular formula is C26H31N3OS2. The van der Waals surface area contributed by atoms with Crippen molar-refractivity contribution in [2.24, 2.45) is 0 Å². The standard InChI is InChI=1S/C26H31N3OS2/c1-18-19(2)32-26(27-25(30)21-8-6-5-7-9-21)23(18)24(29-16-14-28(3)15-17-29)20-10-12-22(31-4)13-11-20/h5-13,24H,14-17H2,1-4H3,(H,27,30)/t24-/m1/s1. The van der Waals surface area contributed by atoms with Gasteiger partial charge in [0.15, 0.2) is 0 Å². The molecule has 0 unspecified atom stereocenters. The Labute approximate surface area is 199 Å². The van der Waals surface area contributed by atoms with E-state index in [1.165, 1.54) is 26.5 Å². The summed E-state index contributed by atoms with van der Waals surface area (Å²) in [5.74, 6) is -0.0528. The van der Waals surface area contributed by atoms with Gasteiger partial charge in [0.1, 0.15) is 5.00 Å². The molecule has 1 amide bonds.